The second-order valence-corrected chi connectivity index (χ2v) is 8.95. The van der Waals surface area contributed by atoms with E-state index in [1.165, 1.54) is 45.6 Å². The SMILES string of the molecule is COC(=O)c1ccc(NC(=O)CNC2=CC(=O)C3(Oc4c(Cl)c(OC)cc(OC)c4C3=O)C(C)C2)cc1. The first-order valence-electron chi connectivity index (χ1n) is 11.3. The summed E-state index contributed by atoms with van der Waals surface area (Å²) in [5.74, 6) is -2.03. The third kappa shape index (κ3) is 4.48. The van der Waals surface area contributed by atoms with Gasteiger partial charge < -0.3 is 29.6 Å². The Morgan fingerprint density at radius 1 is 1.11 bits per heavy atom. The lowest BCUT2D eigenvalue weighted by atomic mass is 9.74. The Labute approximate surface area is 217 Å². The van der Waals surface area contributed by atoms with Gasteiger partial charge in [0.15, 0.2) is 5.75 Å². The molecule has 2 aromatic rings. The Kier molecular flexibility index (Phi) is 7.13. The van der Waals surface area contributed by atoms with Crippen molar-refractivity contribution >= 4 is 40.7 Å². The maximum absolute atomic E-state index is 13.5. The van der Waals surface area contributed by atoms with E-state index in [4.69, 9.17) is 25.8 Å². The number of methoxy groups -OCH3 is 3. The molecule has 2 aliphatic rings. The van der Waals surface area contributed by atoms with Crippen LogP contribution in [0, 0.1) is 5.92 Å². The van der Waals surface area contributed by atoms with Gasteiger partial charge in [0.25, 0.3) is 0 Å². The number of halogens is 1. The van der Waals surface area contributed by atoms with E-state index < -0.39 is 29.1 Å². The third-order valence-electron chi connectivity index (χ3n) is 6.38. The van der Waals surface area contributed by atoms with Crippen LogP contribution in [0.5, 0.6) is 17.2 Å². The number of hydrogen-bond acceptors (Lipinski definition) is 9. The molecule has 2 N–H and O–H groups in total. The molecule has 2 unspecified atom stereocenters. The van der Waals surface area contributed by atoms with E-state index in [0.29, 0.717) is 16.9 Å². The number of carbonyl (C=O) groups excluding carboxylic acids is 4. The van der Waals surface area contributed by atoms with E-state index in [9.17, 15) is 19.2 Å². The first kappa shape index (κ1) is 26.0. The molecule has 10 nitrogen and oxygen atoms in total. The fraction of sp³-hybridized carbons (Fsp3) is 0.308. The number of ketones is 2. The molecule has 1 heterocycles. The van der Waals surface area contributed by atoms with Crippen LogP contribution in [0.2, 0.25) is 5.02 Å². The van der Waals surface area contributed by atoms with Crippen LogP contribution in [0.1, 0.15) is 34.1 Å². The summed E-state index contributed by atoms with van der Waals surface area (Å²) in [5, 5.41) is 5.73. The number of ether oxygens (including phenoxy) is 4. The fourth-order valence-corrected chi connectivity index (χ4v) is 4.72. The Morgan fingerprint density at radius 3 is 2.38 bits per heavy atom. The van der Waals surface area contributed by atoms with Gasteiger partial charge in [0.05, 0.1) is 33.4 Å². The molecule has 37 heavy (non-hydrogen) atoms. The highest BCUT2D eigenvalue weighted by Gasteiger charge is 2.60. The number of rotatable bonds is 7. The van der Waals surface area contributed by atoms with Crippen molar-refractivity contribution in [1.29, 1.82) is 0 Å². The molecule has 0 saturated carbocycles. The number of esters is 1. The molecule has 0 aromatic heterocycles. The summed E-state index contributed by atoms with van der Waals surface area (Å²) in [6, 6.07) is 7.70. The Morgan fingerprint density at radius 2 is 1.78 bits per heavy atom. The van der Waals surface area contributed by atoms with Crippen molar-refractivity contribution in [2.75, 3.05) is 33.2 Å². The van der Waals surface area contributed by atoms with E-state index in [1.807, 2.05) is 0 Å². The normalized spacial score (nSPS) is 20.0. The van der Waals surface area contributed by atoms with Crippen LogP contribution >= 0.6 is 11.6 Å². The Bertz CT molecular complexity index is 1320. The van der Waals surface area contributed by atoms with Gasteiger partial charge in [0, 0.05) is 29.4 Å². The molecule has 0 bridgehead atoms. The summed E-state index contributed by atoms with van der Waals surface area (Å²) in [4.78, 5) is 50.8. The molecule has 2 atom stereocenters. The van der Waals surface area contributed by atoms with Crippen molar-refractivity contribution in [3.63, 3.8) is 0 Å². The van der Waals surface area contributed by atoms with E-state index in [1.54, 1.807) is 19.1 Å². The smallest absolute Gasteiger partial charge is 0.337 e. The van der Waals surface area contributed by atoms with Crippen molar-refractivity contribution in [2.45, 2.75) is 18.9 Å². The van der Waals surface area contributed by atoms with E-state index in [0.717, 1.165) is 0 Å². The monoisotopic (exact) mass is 528 g/mol. The largest absolute Gasteiger partial charge is 0.496 e. The highest BCUT2D eigenvalue weighted by molar-refractivity contribution is 6.36. The van der Waals surface area contributed by atoms with Crippen molar-refractivity contribution in [3.05, 3.63) is 58.3 Å². The minimum atomic E-state index is -1.79. The minimum absolute atomic E-state index is 0.0467. The van der Waals surface area contributed by atoms with Gasteiger partial charge in [-0.15, -0.1) is 0 Å². The maximum atomic E-state index is 13.5. The Balaban J connectivity index is 1.47. The van der Waals surface area contributed by atoms with Crippen molar-refractivity contribution in [3.8, 4) is 17.2 Å². The molecule has 11 heteroatoms. The van der Waals surface area contributed by atoms with Crippen LogP contribution in [-0.4, -0.2) is 56.9 Å². The fourth-order valence-electron chi connectivity index (χ4n) is 4.46. The predicted octanol–water partition coefficient (Wildman–Crippen LogP) is 3.18. The molecule has 1 aliphatic heterocycles. The zero-order valence-corrected chi connectivity index (χ0v) is 21.4. The van der Waals surface area contributed by atoms with Gasteiger partial charge in [-0.1, -0.05) is 18.5 Å². The van der Waals surface area contributed by atoms with E-state index >= 15 is 0 Å². The maximum Gasteiger partial charge on any atom is 0.337 e. The summed E-state index contributed by atoms with van der Waals surface area (Å²) in [6.45, 7) is 1.60. The number of allylic oxidation sites excluding steroid dienone is 1. The summed E-state index contributed by atoms with van der Waals surface area (Å²) in [5.41, 5.74) is -0.362. The van der Waals surface area contributed by atoms with E-state index in [-0.39, 0.29) is 46.7 Å². The molecule has 1 amide bonds. The van der Waals surface area contributed by atoms with Crippen LogP contribution < -0.4 is 24.8 Å². The molecule has 0 fully saturated rings. The van der Waals surface area contributed by atoms with Gasteiger partial charge in [-0.2, -0.15) is 0 Å². The van der Waals surface area contributed by atoms with Gasteiger partial charge in [0.1, 0.15) is 22.1 Å². The van der Waals surface area contributed by atoms with Crippen LogP contribution in [-0.2, 0) is 14.3 Å². The molecular weight excluding hydrogens is 504 g/mol. The van der Waals surface area contributed by atoms with Crippen LogP contribution in [0.4, 0.5) is 5.69 Å². The zero-order chi connectivity index (χ0) is 26.9. The third-order valence-corrected chi connectivity index (χ3v) is 6.73. The average molecular weight is 529 g/mol. The zero-order valence-electron chi connectivity index (χ0n) is 20.6. The lowest BCUT2D eigenvalue weighted by Crippen LogP contribution is -2.55. The molecule has 0 radical (unpaired) electrons. The standard InChI is InChI=1S/C26H25ClN2O8/c1-13-9-16(28-12-20(31)29-15-7-5-14(6-8-15)25(33)36-4)10-19(30)26(13)24(32)21-17(34-2)11-18(35-3)22(27)23(21)37-26/h5-8,10-11,13,28H,9,12H2,1-4H3,(H,29,31). The second-order valence-electron chi connectivity index (χ2n) is 8.58. The molecule has 4 rings (SSSR count). The molecule has 1 aliphatic carbocycles. The van der Waals surface area contributed by atoms with Gasteiger partial charge in [-0.05, 0) is 30.7 Å². The average Bonchev–Trinajstić information content (AvgIpc) is 3.21. The van der Waals surface area contributed by atoms with Gasteiger partial charge in [0.2, 0.25) is 23.1 Å². The second kappa shape index (κ2) is 10.1. The lowest BCUT2D eigenvalue weighted by Gasteiger charge is -2.35. The number of amides is 1. The molecular formula is C26H25ClN2O8. The number of Topliss-reactive ketones (excluding diaryl/α,β-unsaturated/α-hetero) is 1. The highest BCUT2D eigenvalue weighted by atomic mass is 35.5. The van der Waals surface area contributed by atoms with Crippen molar-refractivity contribution in [2.24, 2.45) is 5.92 Å². The molecule has 2 aromatic carbocycles. The summed E-state index contributed by atoms with van der Waals surface area (Å²) < 4.78 is 21.2. The number of nitrogens with one attached hydrogen (secondary N) is 2. The number of benzene rings is 2. The number of hydrogen-bond donors (Lipinski definition) is 2. The first-order chi connectivity index (χ1) is 17.7. The van der Waals surface area contributed by atoms with Gasteiger partial charge >= 0.3 is 5.97 Å². The van der Waals surface area contributed by atoms with Crippen molar-refractivity contribution < 1.29 is 38.1 Å². The lowest BCUT2D eigenvalue weighted by molar-refractivity contribution is -0.129. The highest BCUT2D eigenvalue weighted by Crippen LogP contribution is 2.52. The summed E-state index contributed by atoms with van der Waals surface area (Å²) >= 11 is 6.39. The minimum Gasteiger partial charge on any atom is -0.496 e. The van der Waals surface area contributed by atoms with Crippen LogP contribution in [0.3, 0.4) is 0 Å². The number of fused-ring (bicyclic) bond motifs is 1. The topological polar surface area (TPSA) is 129 Å². The first-order valence-corrected chi connectivity index (χ1v) is 11.7. The molecule has 194 valence electrons. The van der Waals surface area contributed by atoms with Crippen molar-refractivity contribution in [1.82, 2.24) is 5.32 Å². The number of carbonyl (C=O) groups is 4. The van der Waals surface area contributed by atoms with Crippen LogP contribution in [0.25, 0.3) is 0 Å². The van der Waals surface area contributed by atoms with Crippen LogP contribution in [0.15, 0.2) is 42.1 Å². The van der Waals surface area contributed by atoms with Gasteiger partial charge in [-0.3, -0.25) is 14.4 Å². The summed E-state index contributed by atoms with van der Waals surface area (Å²) in [6.07, 6.45) is 1.55. The van der Waals surface area contributed by atoms with E-state index in [2.05, 4.69) is 15.4 Å². The Hall–Kier alpha value is -4.05. The van der Waals surface area contributed by atoms with Gasteiger partial charge in [-0.25, -0.2) is 4.79 Å². The quantitative estimate of drug-likeness (QED) is 0.411. The molecule has 0 saturated heterocycles. The number of anilines is 1. The molecule has 1 spiro atoms. The summed E-state index contributed by atoms with van der Waals surface area (Å²) in [7, 11) is 4.10. The predicted molar refractivity (Wildman–Crippen MR) is 134 cm³/mol.